The average molecular weight is 317 g/mol. The van der Waals surface area contributed by atoms with Crippen molar-refractivity contribution in [3.05, 3.63) is 17.0 Å². The predicted octanol–water partition coefficient (Wildman–Crippen LogP) is 1.18. The van der Waals surface area contributed by atoms with Crippen LogP contribution in [-0.2, 0) is 16.6 Å². The Labute approximate surface area is 125 Å². The maximum Gasteiger partial charge on any atom is 0.252 e. The van der Waals surface area contributed by atoms with Crippen molar-refractivity contribution in [2.75, 3.05) is 33.7 Å². The molecule has 7 heteroatoms. The van der Waals surface area contributed by atoms with Crippen molar-refractivity contribution in [2.24, 2.45) is 0 Å². The minimum atomic E-state index is -3.31. The molecule has 1 saturated heterocycles. The molecule has 1 N–H and O–H groups in total. The fourth-order valence-electron chi connectivity index (χ4n) is 2.32. The number of likely N-dealkylation sites (N-methyl/N-ethyl adjacent to an activating group) is 1. The molecule has 0 aliphatic carbocycles. The van der Waals surface area contributed by atoms with Crippen LogP contribution in [0.3, 0.4) is 0 Å². The van der Waals surface area contributed by atoms with Gasteiger partial charge in [-0.05, 0) is 39.2 Å². The Morgan fingerprint density at radius 1 is 1.45 bits per heavy atom. The fourth-order valence-corrected chi connectivity index (χ4v) is 5.29. The first-order valence-corrected chi connectivity index (χ1v) is 9.16. The molecule has 1 fully saturated rings. The Hall–Kier alpha value is -0.470. The molecule has 0 saturated carbocycles. The first-order chi connectivity index (χ1) is 9.45. The Balaban J connectivity index is 2.09. The molecule has 1 aromatic heterocycles. The second kappa shape index (κ2) is 6.53. The van der Waals surface area contributed by atoms with E-state index in [1.54, 1.807) is 10.4 Å². The van der Waals surface area contributed by atoms with Gasteiger partial charge in [-0.1, -0.05) is 6.92 Å². The lowest BCUT2D eigenvalue weighted by molar-refractivity contribution is 0.302. The molecule has 114 valence electrons. The Bertz CT molecular complexity index is 540. The van der Waals surface area contributed by atoms with Crippen molar-refractivity contribution >= 4 is 21.4 Å². The van der Waals surface area contributed by atoms with E-state index in [-0.39, 0.29) is 0 Å². The summed E-state index contributed by atoms with van der Waals surface area (Å²) in [4.78, 5) is 3.16. The maximum atomic E-state index is 12.6. The third kappa shape index (κ3) is 3.40. The molecule has 0 aromatic carbocycles. The van der Waals surface area contributed by atoms with Crippen molar-refractivity contribution in [2.45, 2.75) is 30.1 Å². The summed E-state index contributed by atoms with van der Waals surface area (Å²) >= 11 is 1.37. The van der Waals surface area contributed by atoms with E-state index in [2.05, 4.69) is 10.2 Å². The molecule has 0 bridgehead atoms. The summed E-state index contributed by atoms with van der Waals surface area (Å²) in [7, 11) is 0.689. The summed E-state index contributed by atoms with van der Waals surface area (Å²) in [6, 6.07) is 3.96. The lowest BCUT2D eigenvalue weighted by Gasteiger charge is -2.19. The third-order valence-electron chi connectivity index (χ3n) is 3.64. The summed E-state index contributed by atoms with van der Waals surface area (Å²) in [6.07, 6.45) is 0.905. The summed E-state index contributed by atoms with van der Waals surface area (Å²) in [5.41, 5.74) is 0. The molecular formula is C13H23N3O2S2. The van der Waals surface area contributed by atoms with Gasteiger partial charge in [-0.3, -0.25) is 0 Å². The van der Waals surface area contributed by atoms with Gasteiger partial charge in [0.05, 0.1) is 0 Å². The fraction of sp³-hybridized carbons (Fsp3) is 0.692. The molecule has 0 amide bonds. The molecular weight excluding hydrogens is 294 g/mol. The maximum absolute atomic E-state index is 12.6. The molecule has 1 atom stereocenters. The standard InChI is InChI=1S/C13H23N3O2S2/c1-4-14-9-12-5-6-13(19-12)20(17,18)16-8-7-11(10-16)15(2)3/h5-6,11,14H,4,7-10H2,1-3H3. The number of nitrogens with one attached hydrogen (secondary N) is 1. The molecule has 0 radical (unpaired) electrons. The number of hydrogen-bond acceptors (Lipinski definition) is 5. The van der Waals surface area contributed by atoms with E-state index in [9.17, 15) is 8.42 Å². The van der Waals surface area contributed by atoms with Gasteiger partial charge in [0.15, 0.2) is 0 Å². The lowest BCUT2D eigenvalue weighted by Crippen LogP contribution is -2.34. The van der Waals surface area contributed by atoms with Gasteiger partial charge in [-0.25, -0.2) is 8.42 Å². The molecule has 1 aromatic rings. The van der Waals surface area contributed by atoms with Gasteiger partial charge in [-0.15, -0.1) is 11.3 Å². The van der Waals surface area contributed by atoms with Gasteiger partial charge in [0, 0.05) is 30.6 Å². The molecule has 2 rings (SSSR count). The summed E-state index contributed by atoms with van der Waals surface area (Å²) < 4.78 is 27.2. The normalized spacial score (nSPS) is 20.9. The molecule has 0 spiro atoms. The van der Waals surface area contributed by atoms with Crippen LogP contribution in [0.4, 0.5) is 0 Å². The molecule has 1 unspecified atom stereocenters. The van der Waals surface area contributed by atoms with Gasteiger partial charge < -0.3 is 10.2 Å². The largest absolute Gasteiger partial charge is 0.312 e. The highest BCUT2D eigenvalue weighted by atomic mass is 32.2. The Morgan fingerprint density at radius 3 is 2.80 bits per heavy atom. The number of sulfonamides is 1. The van der Waals surface area contributed by atoms with Crippen LogP contribution in [0.5, 0.6) is 0 Å². The smallest absolute Gasteiger partial charge is 0.252 e. The van der Waals surface area contributed by atoms with Crippen LogP contribution in [0.15, 0.2) is 16.3 Å². The van der Waals surface area contributed by atoms with E-state index in [1.807, 2.05) is 27.1 Å². The van der Waals surface area contributed by atoms with E-state index in [0.29, 0.717) is 23.3 Å². The SMILES string of the molecule is CCNCc1ccc(S(=O)(=O)N2CCC(N(C)C)C2)s1. The molecule has 5 nitrogen and oxygen atoms in total. The summed E-state index contributed by atoms with van der Waals surface area (Å²) in [5.74, 6) is 0. The number of nitrogens with zero attached hydrogens (tertiary/aromatic N) is 2. The quantitative estimate of drug-likeness (QED) is 0.856. The van der Waals surface area contributed by atoms with Gasteiger partial charge >= 0.3 is 0 Å². The highest BCUT2D eigenvalue weighted by Crippen LogP contribution is 2.28. The second-order valence-electron chi connectivity index (χ2n) is 5.27. The van der Waals surface area contributed by atoms with E-state index >= 15 is 0 Å². The Kier molecular flexibility index (Phi) is 5.19. The van der Waals surface area contributed by atoms with Gasteiger partial charge in [0.25, 0.3) is 10.0 Å². The van der Waals surface area contributed by atoms with Crippen molar-refractivity contribution in [3.8, 4) is 0 Å². The van der Waals surface area contributed by atoms with Crippen molar-refractivity contribution in [1.82, 2.24) is 14.5 Å². The minimum absolute atomic E-state index is 0.325. The first kappa shape index (κ1) is 15.9. The van der Waals surface area contributed by atoms with E-state index in [1.165, 1.54) is 11.3 Å². The van der Waals surface area contributed by atoms with Crippen LogP contribution < -0.4 is 5.32 Å². The van der Waals surface area contributed by atoms with Crippen LogP contribution in [0.2, 0.25) is 0 Å². The van der Waals surface area contributed by atoms with Crippen LogP contribution in [0.25, 0.3) is 0 Å². The van der Waals surface area contributed by atoms with Gasteiger partial charge in [0.2, 0.25) is 0 Å². The average Bonchev–Trinajstić information content (AvgIpc) is 3.05. The molecule has 1 aliphatic heterocycles. The predicted molar refractivity (Wildman–Crippen MR) is 82.6 cm³/mol. The summed E-state index contributed by atoms with van der Waals surface area (Å²) in [6.45, 7) is 4.87. The third-order valence-corrected chi connectivity index (χ3v) is 7.05. The van der Waals surface area contributed by atoms with Crippen LogP contribution in [0, 0.1) is 0 Å². The van der Waals surface area contributed by atoms with Crippen molar-refractivity contribution in [3.63, 3.8) is 0 Å². The first-order valence-electron chi connectivity index (χ1n) is 6.91. The zero-order valence-electron chi connectivity index (χ0n) is 12.3. The minimum Gasteiger partial charge on any atom is -0.312 e. The molecule has 20 heavy (non-hydrogen) atoms. The van der Waals surface area contributed by atoms with Crippen LogP contribution >= 0.6 is 11.3 Å². The lowest BCUT2D eigenvalue weighted by atomic mass is 10.2. The van der Waals surface area contributed by atoms with E-state index in [4.69, 9.17) is 0 Å². The topological polar surface area (TPSA) is 52.7 Å². The number of hydrogen-bond donors (Lipinski definition) is 1. The van der Waals surface area contributed by atoms with Crippen LogP contribution in [0.1, 0.15) is 18.2 Å². The number of thiophene rings is 1. The van der Waals surface area contributed by atoms with Gasteiger partial charge in [-0.2, -0.15) is 4.31 Å². The van der Waals surface area contributed by atoms with Crippen LogP contribution in [-0.4, -0.2) is 57.4 Å². The number of rotatable bonds is 6. The molecule has 2 heterocycles. The Morgan fingerprint density at radius 2 is 2.20 bits per heavy atom. The highest BCUT2D eigenvalue weighted by molar-refractivity contribution is 7.91. The zero-order valence-corrected chi connectivity index (χ0v) is 13.9. The van der Waals surface area contributed by atoms with Gasteiger partial charge in [0.1, 0.15) is 4.21 Å². The van der Waals surface area contributed by atoms with E-state index in [0.717, 1.165) is 24.4 Å². The summed E-state index contributed by atoms with van der Waals surface area (Å²) in [5, 5.41) is 3.22. The van der Waals surface area contributed by atoms with Crippen molar-refractivity contribution in [1.29, 1.82) is 0 Å². The highest BCUT2D eigenvalue weighted by Gasteiger charge is 2.34. The second-order valence-corrected chi connectivity index (χ2v) is 8.60. The monoisotopic (exact) mass is 317 g/mol. The van der Waals surface area contributed by atoms with Crippen molar-refractivity contribution < 1.29 is 8.42 Å². The zero-order chi connectivity index (χ0) is 14.8. The van der Waals surface area contributed by atoms with E-state index < -0.39 is 10.0 Å². The molecule has 1 aliphatic rings.